The summed E-state index contributed by atoms with van der Waals surface area (Å²) in [6.07, 6.45) is 3.12. The first-order valence-corrected chi connectivity index (χ1v) is 33.6. The van der Waals surface area contributed by atoms with E-state index >= 15 is 0 Å². The number of carbonyl (C=O) groups is 13. The van der Waals surface area contributed by atoms with Crippen molar-refractivity contribution in [3.8, 4) is 0 Å². The smallest absolute Gasteiger partial charge is 0.245 e. The van der Waals surface area contributed by atoms with Crippen molar-refractivity contribution in [2.45, 2.75) is 183 Å². The number of nitrogens with zero attached hydrogens (tertiary/aromatic N) is 3. The second-order valence-electron chi connectivity index (χ2n) is 24.1. The van der Waals surface area contributed by atoms with Crippen molar-refractivity contribution < 1.29 is 62.3 Å². The molecule has 0 spiro atoms. The van der Waals surface area contributed by atoms with Gasteiger partial charge < -0.3 is 92.5 Å². The minimum absolute atomic E-state index is 0.0736. The molecule has 22 N–H and O–H groups in total. The monoisotopic (exact) mass is 1350 g/mol. The molecule has 32 heteroatoms. The highest BCUT2D eigenvalue weighted by Crippen LogP contribution is 2.24. The highest BCUT2D eigenvalue weighted by molar-refractivity contribution is 7.98. The number of benzene rings is 2. The van der Waals surface area contributed by atoms with E-state index < -0.39 is 169 Å². The Labute approximate surface area is 558 Å². The summed E-state index contributed by atoms with van der Waals surface area (Å²) < 4.78 is 0. The number of primary amides is 3. The van der Waals surface area contributed by atoms with Gasteiger partial charge in [0.05, 0.1) is 12.6 Å². The summed E-state index contributed by atoms with van der Waals surface area (Å²) in [5, 5.41) is 21.1. The van der Waals surface area contributed by atoms with Gasteiger partial charge in [-0.1, -0.05) is 74.5 Å². The molecule has 2 aliphatic heterocycles. The predicted molar refractivity (Wildman–Crippen MR) is 356 cm³/mol. The van der Waals surface area contributed by atoms with Crippen LogP contribution in [0.25, 0.3) is 0 Å². The summed E-state index contributed by atoms with van der Waals surface area (Å²) in [7, 11) is 0. The average Bonchev–Trinajstić information content (AvgIpc) is 1.74. The lowest BCUT2D eigenvalue weighted by atomic mass is 10.0. The van der Waals surface area contributed by atoms with Gasteiger partial charge in [0.15, 0.2) is 5.96 Å². The lowest BCUT2D eigenvalue weighted by Crippen LogP contribution is -2.60. The van der Waals surface area contributed by atoms with Gasteiger partial charge >= 0.3 is 0 Å². The molecule has 2 heterocycles. The second-order valence-corrected chi connectivity index (χ2v) is 25.1. The molecule has 0 bridgehead atoms. The second kappa shape index (κ2) is 41.0. The fraction of sp³-hybridized carbons (Fsp3) is 0.587. The number of thioether (sulfide) groups is 1. The first kappa shape index (κ1) is 78.5. The minimum atomic E-state index is -1.64. The Morgan fingerprint density at radius 1 is 0.537 bits per heavy atom. The minimum Gasteiger partial charge on any atom is -0.370 e. The summed E-state index contributed by atoms with van der Waals surface area (Å²) in [5.74, 6) is -9.80. The van der Waals surface area contributed by atoms with Gasteiger partial charge in [-0.15, -0.1) is 0 Å². The van der Waals surface area contributed by atoms with E-state index in [0.29, 0.717) is 55.4 Å². The Morgan fingerprint density at radius 3 is 1.51 bits per heavy atom. The lowest BCUT2D eigenvalue weighted by molar-refractivity contribution is -0.144. The van der Waals surface area contributed by atoms with E-state index in [1.165, 1.54) is 21.6 Å². The van der Waals surface area contributed by atoms with Crippen molar-refractivity contribution >= 4 is 94.5 Å². The van der Waals surface area contributed by atoms with Crippen LogP contribution in [0.4, 0.5) is 0 Å². The molecule has 13 amide bonds. The van der Waals surface area contributed by atoms with Gasteiger partial charge in [0.1, 0.15) is 54.4 Å². The number of likely N-dealkylation sites (tertiary alicyclic amines) is 2. The molecule has 0 radical (unpaired) electrons. The Hall–Kier alpha value is -8.91. The number of carbonyl (C=O) groups excluding carboxylic acids is 13. The number of guanidine groups is 1. The molecule has 4 rings (SSSR count). The molecule has 2 fully saturated rings. The van der Waals surface area contributed by atoms with Crippen LogP contribution in [0.1, 0.15) is 121 Å². The van der Waals surface area contributed by atoms with Crippen LogP contribution in [-0.4, -0.2) is 198 Å². The number of nitrogens with two attached hydrogens (primary N) is 7. The molecule has 31 nitrogen and oxygen atoms in total. The summed E-state index contributed by atoms with van der Waals surface area (Å²) >= 11 is 1.45. The Bertz CT molecular complexity index is 2960. The van der Waals surface area contributed by atoms with Crippen molar-refractivity contribution in [3.05, 3.63) is 71.8 Å². The summed E-state index contributed by atoms with van der Waals surface area (Å²) in [6.45, 7) is 3.86. The van der Waals surface area contributed by atoms with Crippen LogP contribution in [0.15, 0.2) is 65.7 Å². The number of hydrogen-bond donors (Lipinski definition) is 15. The lowest BCUT2D eigenvalue weighted by Gasteiger charge is -2.32. The van der Waals surface area contributed by atoms with Gasteiger partial charge in [0.25, 0.3) is 0 Å². The van der Waals surface area contributed by atoms with Crippen LogP contribution in [0.3, 0.4) is 0 Å². The van der Waals surface area contributed by atoms with Crippen LogP contribution in [-0.2, 0) is 75.2 Å². The van der Waals surface area contributed by atoms with Gasteiger partial charge in [-0.3, -0.25) is 67.3 Å². The quantitative estimate of drug-likeness (QED) is 0.0173. The molecule has 0 unspecified atom stereocenters. The molecule has 2 aromatic carbocycles. The molecule has 0 aromatic heterocycles. The van der Waals surface area contributed by atoms with E-state index in [4.69, 9.17) is 40.1 Å². The zero-order chi connectivity index (χ0) is 70.1. The fourth-order valence-electron chi connectivity index (χ4n) is 11.0. The third-order valence-corrected chi connectivity index (χ3v) is 16.7. The van der Waals surface area contributed by atoms with Crippen LogP contribution in [0, 0.1) is 5.92 Å². The Balaban J connectivity index is 1.56. The van der Waals surface area contributed by atoms with E-state index in [-0.39, 0.29) is 83.0 Å². The normalized spacial score (nSPS) is 16.8. The van der Waals surface area contributed by atoms with Crippen molar-refractivity contribution in [1.82, 2.24) is 52.3 Å². The van der Waals surface area contributed by atoms with E-state index in [1.807, 2.05) is 20.1 Å². The van der Waals surface area contributed by atoms with E-state index in [1.54, 1.807) is 60.7 Å². The maximum atomic E-state index is 14.7. The summed E-state index contributed by atoms with van der Waals surface area (Å²) in [4.78, 5) is 185. The molecule has 10 atom stereocenters. The molecule has 524 valence electrons. The van der Waals surface area contributed by atoms with E-state index in [9.17, 15) is 62.3 Å². The van der Waals surface area contributed by atoms with E-state index in [0.717, 1.165) is 0 Å². The average molecular weight is 1350 g/mol. The largest absolute Gasteiger partial charge is 0.370 e. The summed E-state index contributed by atoms with van der Waals surface area (Å²) in [5.41, 5.74) is 40.6. The number of amides is 13. The van der Waals surface area contributed by atoms with Gasteiger partial charge in [-0.2, -0.15) is 11.8 Å². The molecule has 0 saturated carbocycles. The third kappa shape index (κ3) is 27.5. The molecule has 95 heavy (non-hydrogen) atoms. The highest BCUT2D eigenvalue weighted by Gasteiger charge is 2.42. The van der Waals surface area contributed by atoms with Crippen LogP contribution < -0.4 is 82.7 Å². The Kier molecular flexibility index (Phi) is 33.9. The highest BCUT2D eigenvalue weighted by atomic mass is 32.2. The molecular weight excluding hydrogens is 1250 g/mol. The molecule has 2 aromatic rings. The molecule has 0 aliphatic carbocycles. The first-order valence-electron chi connectivity index (χ1n) is 32.2. The van der Waals surface area contributed by atoms with Crippen LogP contribution in [0.5, 0.6) is 0 Å². The maximum absolute atomic E-state index is 14.7. The zero-order valence-corrected chi connectivity index (χ0v) is 55.3. The van der Waals surface area contributed by atoms with Crippen molar-refractivity contribution in [2.24, 2.45) is 51.0 Å². The van der Waals surface area contributed by atoms with Crippen LogP contribution >= 0.6 is 11.8 Å². The predicted octanol–water partition coefficient (Wildman–Crippen LogP) is -3.71. The standard InChI is InChI=1S/C63H98N18O13S/c1-37(2)33-45(57(89)74-41(53(68)85)27-32-95-3)73-52(84)36-72-54(86)46(34-38-15-6-4-7-16-38)78-58(90)47(35-39-17-8-5-9-18-39)79-56(88)42(23-25-50(66)82)75-55(87)43(24-26-51(67)83)76-59(91)49-22-14-31-81(49)62(94)44(20-10-11-28-64)77-60(92)48-21-13-30-80(48)61(93)40(65)19-12-29-71-63(69)70/h4-9,15-18,37,40-49H,10-14,19-36,64-65H2,1-3H3,(H2,66,82)(H2,67,83)(H2,68,85)(H,72,86)(H,73,84)(H,74,89)(H,75,87)(H,76,91)(H,77,92)(H,78,90)(H,79,88)(H4,69,70,71)/t40-,41+,42+,43-,44+,45+,46+,47-,48-,49-/m1/s1. The van der Waals surface area contributed by atoms with E-state index in [2.05, 4.69) is 47.5 Å². The summed E-state index contributed by atoms with van der Waals surface area (Å²) in [6, 6.07) is 4.51. The van der Waals surface area contributed by atoms with Crippen molar-refractivity contribution in [1.29, 1.82) is 0 Å². The topological polar surface area (TPSA) is 519 Å². The molecule has 2 saturated heterocycles. The van der Waals surface area contributed by atoms with Gasteiger partial charge in [0, 0.05) is 45.3 Å². The number of rotatable bonds is 42. The van der Waals surface area contributed by atoms with Crippen LogP contribution in [0.2, 0.25) is 0 Å². The Morgan fingerprint density at radius 2 is 1.01 bits per heavy atom. The zero-order valence-electron chi connectivity index (χ0n) is 54.5. The number of aliphatic imine (C=N–C) groups is 1. The molecule has 2 aliphatic rings. The van der Waals surface area contributed by atoms with Crippen molar-refractivity contribution in [2.75, 3.05) is 44.7 Å². The van der Waals surface area contributed by atoms with Gasteiger partial charge in [-0.05, 0) is 119 Å². The third-order valence-electron chi connectivity index (χ3n) is 16.0. The number of unbranched alkanes of at least 4 members (excludes halogenated alkanes) is 1. The van der Waals surface area contributed by atoms with Gasteiger partial charge in [0.2, 0.25) is 76.8 Å². The SMILES string of the molecule is CSCC[C@H](NC(=O)[C@H](CC(C)C)NC(=O)CNC(=O)[C@H](Cc1ccccc1)NC(=O)[C@@H](Cc1ccccc1)NC(=O)[C@H](CCC(N)=O)NC(=O)[C@@H](CCC(N)=O)NC(=O)[C@H]1CCCN1C(=O)[C@H](CCCCN)NC(=O)[C@H]1CCCN1C(=O)[C@H](N)CCCN=C(N)N)C(N)=O. The first-order chi connectivity index (χ1) is 45.2. The number of hydrogen-bond acceptors (Lipinski definition) is 17. The maximum Gasteiger partial charge on any atom is 0.245 e. The number of nitrogens with one attached hydrogen (secondary N) is 8. The van der Waals surface area contributed by atoms with Crippen molar-refractivity contribution in [3.63, 3.8) is 0 Å². The fourth-order valence-corrected chi connectivity index (χ4v) is 11.5. The van der Waals surface area contributed by atoms with Gasteiger partial charge in [-0.25, -0.2) is 0 Å². The molecular formula is C63H98N18O13S.